The Kier molecular flexibility index (Phi) is 7.67. The van der Waals surface area contributed by atoms with Crippen LogP contribution in [0.1, 0.15) is 11.1 Å². The van der Waals surface area contributed by atoms with Gasteiger partial charge in [0.2, 0.25) is 0 Å². The van der Waals surface area contributed by atoms with E-state index in [1.807, 2.05) is 0 Å². The fourth-order valence-corrected chi connectivity index (χ4v) is 5.03. The van der Waals surface area contributed by atoms with Gasteiger partial charge in [-0.15, -0.1) is 0 Å². The van der Waals surface area contributed by atoms with E-state index in [1.54, 1.807) is 48.5 Å². The molecule has 1 saturated heterocycles. The highest BCUT2D eigenvalue weighted by atomic mass is 79.9. The average Bonchev–Trinajstić information content (AvgIpc) is 2.82. The van der Waals surface area contributed by atoms with Gasteiger partial charge < -0.3 is 4.74 Å². The summed E-state index contributed by atoms with van der Waals surface area (Å²) in [5.41, 5.74) is 1.32. The van der Waals surface area contributed by atoms with Crippen LogP contribution in [-0.4, -0.2) is 22.8 Å². The monoisotopic (exact) mass is 677 g/mol. The summed E-state index contributed by atoms with van der Waals surface area (Å²) >= 11 is 10.2. The number of barbiturate groups is 1. The predicted octanol–water partition coefficient (Wildman–Crippen LogP) is 6.13. The van der Waals surface area contributed by atoms with Crippen molar-refractivity contribution < 1.29 is 24.0 Å². The number of anilines is 1. The predicted molar refractivity (Wildman–Crippen MR) is 142 cm³/mol. The topological polar surface area (TPSA) is 119 Å². The minimum absolute atomic E-state index is 0.0137. The molecule has 0 spiro atoms. The third kappa shape index (κ3) is 5.55. The Hall–Kier alpha value is -3.35. The van der Waals surface area contributed by atoms with Crippen LogP contribution in [0.4, 0.5) is 16.2 Å². The molecule has 0 unspecified atom stereocenters. The molecule has 4 amide bonds. The van der Waals surface area contributed by atoms with Crippen molar-refractivity contribution in [2.75, 3.05) is 4.90 Å². The van der Waals surface area contributed by atoms with Crippen LogP contribution < -0.4 is 15.0 Å². The summed E-state index contributed by atoms with van der Waals surface area (Å²) in [6.07, 6.45) is 1.38. The van der Waals surface area contributed by atoms with E-state index in [0.29, 0.717) is 25.9 Å². The van der Waals surface area contributed by atoms with Crippen LogP contribution in [0.5, 0.6) is 5.75 Å². The molecule has 0 bridgehead atoms. The molecule has 9 nitrogen and oxygen atoms in total. The lowest BCUT2D eigenvalue weighted by Gasteiger charge is -2.26. The standard InChI is InChI=1S/C24H14Br3N3O6/c25-15-3-7-16(8-4-15)29-23(32)18(22(31)28-24(29)33)9-14-10-19(26)21(20(27)11-14)36-12-13-1-5-17(6-2-13)30(34)35/h1-11H,12H2,(H,28,31,33)/b18-9+. The molecule has 36 heavy (non-hydrogen) atoms. The zero-order valence-corrected chi connectivity index (χ0v) is 22.8. The molecule has 0 aliphatic carbocycles. The van der Waals surface area contributed by atoms with Crippen molar-refractivity contribution in [2.45, 2.75) is 6.61 Å². The summed E-state index contributed by atoms with van der Waals surface area (Å²) in [7, 11) is 0. The molecule has 1 aliphatic heterocycles. The lowest BCUT2D eigenvalue weighted by molar-refractivity contribution is -0.384. The second kappa shape index (κ2) is 10.7. The number of urea groups is 1. The number of carbonyl (C=O) groups is 3. The summed E-state index contributed by atoms with van der Waals surface area (Å²) in [6, 6.07) is 15.0. The van der Waals surface area contributed by atoms with Gasteiger partial charge in [-0.05, 0) is 97.6 Å². The van der Waals surface area contributed by atoms with Crippen molar-refractivity contribution in [3.8, 4) is 5.75 Å². The quantitative estimate of drug-likeness (QED) is 0.145. The van der Waals surface area contributed by atoms with E-state index in [1.165, 1.54) is 18.2 Å². The highest BCUT2D eigenvalue weighted by Crippen LogP contribution is 2.36. The number of hydrogen-bond donors (Lipinski definition) is 1. The second-order valence-corrected chi connectivity index (χ2v) is 10.1. The van der Waals surface area contributed by atoms with Gasteiger partial charge >= 0.3 is 6.03 Å². The number of rotatable bonds is 6. The maximum Gasteiger partial charge on any atom is 0.335 e. The number of benzene rings is 3. The maximum absolute atomic E-state index is 13.1. The highest BCUT2D eigenvalue weighted by molar-refractivity contribution is 9.11. The van der Waals surface area contributed by atoms with E-state index in [-0.39, 0.29) is 17.9 Å². The Morgan fingerprint density at radius 1 is 0.944 bits per heavy atom. The maximum atomic E-state index is 13.1. The van der Waals surface area contributed by atoms with E-state index < -0.39 is 22.8 Å². The van der Waals surface area contributed by atoms with Crippen molar-refractivity contribution in [1.29, 1.82) is 0 Å². The Labute approximate surface area is 229 Å². The Morgan fingerprint density at radius 2 is 1.56 bits per heavy atom. The number of imide groups is 2. The Morgan fingerprint density at radius 3 is 2.14 bits per heavy atom. The van der Waals surface area contributed by atoms with Crippen molar-refractivity contribution >= 4 is 83.1 Å². The summed E-state index contributed by atoms with van der Waals surface area (Å²) < 4.78 is 7.70. The van der Waals surface area contributed by atoms with Gasteiger partial charge in [-0.2, -0.15) is 0 Å². The molecule has 0 atom stereocenters. The molecular weight excluding hydrogens is 666 g/mol. The lowest BCUT2D eigenvalue weighted by Crippen LogP contribution is -2.54. The summed E-state index contributed by atoms with van der Waals surface area (Å²) in [5, 5.41) is 13.0. The molecule has 0 radical (unpaired) electrons. The number of ether oxygens (including phenoxy) is 1. The molecule has 4 rings (SSSR count). The minimum atomic E-state index is -0.832. The molecule has 1 fully saturated rings. The van der Waals surface area contributed by atoms with Gasteiger partial charge in [0, 0.05) is 16.6 Å². The van der Waals surface area contributed by atoms with Gasteiger partial charge in [0.25, 0.3) is 17.5 Å². The van der Waals surface area contributed by atoms with Crippen molar-refractivity contribution in [1.82, 2.24) is 5.32 Å². The zero-order chi connectivity index (χ0) is 26.0. The van der Waals surface area contributed by atoms with E-state index in [4.69, 9.17) is 4.74 Å². The van der Waals surface area contributed by atoms with Gasteiger partial charge in [-0.3, -0.25) is 25.0 Å². The third-order valence-corrected chi connectivity index (χ3v) is 6.76. The van der Waals surface area contributed by atoms with Crippen LogP contribution in [-0.2, 0) is 16.2 Å². The minimum Gasteiger partial charge on any atom is -0.487 e. The first-order valence-corrected chi connectivity index (χ1v) is 12.5. The number of nitrogens with one attached hydrogen (secondary N) is 1. The van der Waals surface area contributed by atoms with Crippen LogP contribution in [0.25, 0.3) is 6.08 Å². The number of halogens is 3. The number of nitro benzene ring substituents is 1. The van der Waals surface area contributed by atoms with Crippen LogP contribution >= 0.6 is 47.8 Å². The van der Waals surface area contributed by atoms with Crippen molar-refractivity contribution in [3.63, 3.8) is 0 Å². The van der Waals surface area contributed by atoms with Gasteiger partial charge in [-0.1, -0.05) is 15.9 Å². The summed E-state index contributed by atoms with van der Waals surface area (Å²) in [6.45, 7) is 0.154. The average molecular weight is 680 g/mol. The van der Waals surface area contributed by atoms with Crippen molar-refractivity contribution in [3.05, 3.63) is 101 Å². The van der Waals surface area contributed by atoms with E-state index in [0.717, 1.165) is 14.9 Å². The Balaban J connectivity index is 1.57. The fourth-order valence-electron chi connectivity index (χ4n) is 3.32. The van der Waals surface area contributed by atoms with Gasteiger partial charge in [0.05, 0.1) is 19.6 Å². The number of carbonyl (C=O) groups excluding carboxylic acids is 3. The molecule has 1 N–H and O–H groups in total. The zero-order valence-electron chi connectivity index (χ0n) is 18.0. The number of hydrogen-bond acceptors (Lipinski definition) is 6. The molecule has 12 heteroatoms. The molecule has 1 heterocycles. The first kappa shape index (κ1) is 25.7. The number of amides is 4. The Bertz CT molecular complexity index is 1400. The smallest absolute Gasteiger partial charge is 0.335 e. The van der Waals surface area contributed by atoms with Gasteiger partial charge in [0.1, 0.15) is 17.9 Å². The highest BCUT2D eigenvalue weighted by Gasteiger charge is 2.36. The largest absolute Gasteiger partial charge is 0.487 e. The number of non-ortho nitro benzene ring substituents is 1. The number of nitro groups is 1. The lowest BCUT2D eigenvalue weighted by atomic mass is 10.1. The van der Waals surface area contributed by atoms with Crippen LogP contribution in [0.3, 0.4) is 0 Å². The molecule has 1 aliphatic rings. The van der Waals surface area contributed by atoms with Crippen LogP contribution in [0.2, 0.25) is 0 Å². The van der Waals surface area contributed by atoms with Gasteiger partial charge in [0.15, 0.2) is 0 Å². The third-order valence-electron chi connectivity index (χ3n) is 5.05. The van der Waals surface area contributed by atoms with E-state index in [9.17, 15) is 24.5 Å². The summed E-state index contributed by atoms with van der Waals surface area (Å²) in [4.78, 5) is 49.1. The van der Waals surface area contributed by atoms with E-state index >= 15 is 0 Å². The first-order chi connectivity index (χ1) is 17.1. The molecule has 0 saturated carbocycles. The van der Waals surface area contributed by atoms with Crippen molar-refractivity contribution in [2.24, 2.45) is 0 Å². The normalized spacial score (nSPS) is 14.7. The fraction of sp³-hybridized carbons (Fsp3) is 0.0417. The SMILES string of the molecule is O=C1NC(=O)N(c2ccc(Br)cc2)C(=O)/C1=C/c1cc(Br)c(OCc2ccc([N+](=O)[O-])cc2)c(Br)c1. The molecule has 182 valence electrons. The molecule has 3 aromatic rings. The number of nitrogens with zero attached hydrogens (tertiary/aromatic N) is 2. The van der Waals surface area contributed by atoms with Crippen LogP contribution in [0, 0.1) is 10.1 Å². The van der Waals surface area contributed by atoms with Gasteiger partial charge in [-0.25, -0.2) is 9.69 Å². The summed E-state index contributed by atoms with van der Waals surface area (Å²) in [5.74, 6) is -1.09. The van der Waals surface area contributed by atoms with E-state index in [2.05, 4.69) is 53.1 Å². The molecule has 3 aromatic carbocycles. The molecular formula is C24H14Br3N3O6. The molecule has 0 aromatic heterocycles. The van der Waals surface area contributed by atoms with Crippen LogP contribution in [0.15, 0.2) is 79.7 Å². The first-order valence-electron chi connectivity index (χ1n) is 10.2. The second-order valence-electron chi connectivity index (χ2n) is 7.46.